The first-order valence-corrected chi connectivity index (χ1v) is 13.3. The fourth-order valence-corrected chi connectivity index (χ4v) is 5.68. The van der Waals surface area contributed by atoms with Gasteiger partial charge < -0.3 is 19.3 Å². The molecule has 0 saturated carbocycles. The Morgan fingerprint density at radius 3 is 2.25 bits per heavy atom. The van der Waals surface area contributed by atoms with E-state index in [0.29, 0.717) is 12.5 Å². The first-order valence-electron chi connectivity index (χ1n) is 13.3. The van der Waals surface area contributed by atoms with Crippen molar-refractivity contribution in [2.75, 3.05) is 13.2 Å². The Balaban J connectivity index is 1.39. The number of ether oxygens (including phenoxy) is 3. The standard InChI is InChI=1S/C32H38O4/c1-32(2,3)36-26-16-18-30-24(19-26)11-17-29(22-7-5-4-6-8-22)31(30)23-9-12-25(13-10-23)34-21-28-15-14-27(20-33)35-28/h4-10,12-13,16,18-19,27-29,31,33H,11,14-15,17,20-21H2,1-3H3/t27-,28-,29+,31-/m0/s1. The van der Waals surface area contributed by atoms with E-state index in [1.54, 1.807) is 0 Å². The molecular formula is C32H38O4. The van der Waals surface area contributed by atoms with E-state index in [1.807, 2.05) is 0 Å². The number of hydrogen-bond donors (Lipinski definition) is 1. The monoisotopic (exact) mass is 486 g/mol. The predicted molar refractivity (Wildman–Crippen MR) is 143 cm³/mol. The van der Waals surface area contributed by atoms with Gasteiger partial charge in [0, 0.05) is 5.92 Å². The van der Waals surface area contributed by atoms with Gasteiger partial charge in [-0.3, -0.25) is 0 Å². The highest BCUT2D eigenvalue weighted by Crippen LogP contribution is 2.47. The molecule has 0 amide bonds. The third-order valence-corrected chi connectivity index (χ3v) is 7.30. The largest absolute Gasteiger partial charge is 0.491 e. The molecule has 4 nitrogen and oxygen atoms in total. The Kier molecular flexibility index (Phi) is 7.36. The van der Waals surface area contributed by atoms with Gasteiger partial charge in [-0.2, -0.15) is 0 Å². The van der Waals surface area contributed by atoms with E-state index in [-0.39, 0.29) is 30.3 Å². The van der Waals surface area contributed by atoms with Gasteiger partial charge in [0.25, 0.3) is 0 Å². The molecule has 1 saturated heterocycles. The van der Waals surface area contributed by atoms with Crippen LogP contribution in [0, 0.1) is 0 Å². The molecule has 0 unspecified atom stereocenters. The van der Waals surface area contributed by atoms with E-state index in [2.05, 4.69) is 93.6 Å². The minimum absolute atomic E-state index is 0.0448. The predicted octanol–water partition coefficient (Wildman–Crippen LogP) is 6.64. The van der Waals surface area contributed by atoms with E-state index in [9.17, 15) is 5.11 Å². The molecule has 5 rings (SSSR count). The van der Waals surface area contributed by atoms with Crippen LogP contribution in [0.5, 0.6) is 11.5 Å². The Labute approximate surface area is 215 Å². The lowest BCUT2D eigenvalue weighted by atomic mass is 9.69. The number of aryl methyl sites for hydroxylation is 1. The van der Waals surface area contributed by atoms with Crippen LogP contribution in [0.2, 0.25) is 0 Å². The summed E-state index contributed by atoms with van der Waals surface area (Å²) < 4.78 is 18.0. The van der Waals surface area contributed by atoms with Crippen molar-refractivity contribution >= 4 is 0 Å². The minimum Gasteiger partial charge on any atom is -0.491 e. The molecule has 3 aromatic rings. The highest BCUT2D eigenvalue weighted by atomic mass is 16.5. The SMILES string of the molecule is CC(C)(C)Oc1ccc2c(c1)CC[C@H](c1ccccc1)[C@@H]2c1ccc(OC[C@@H]2CC[C@@H](CO)O2)cc1. The van der Waals surface area contributed by atoms with Gasteiger partial charge in [0.15, 0.2) is 0 Å². The Morgan fingerprint density at radius 1 is 0.833 bits per heavy atom. The number of aliphatic hydroxyl groups excluding tert-OH is 1. The van der Waals surface area contributed by atoms with Crippen LogP contribution in [0.3, 0.4) is 0 Å². The smallest absolute Gasteiger partial charge is 0.120 e. The van der Waals surface area contributed by atoms with E-state index < -0.39 is 0 Å². The van der Waals surface area contributed by atoms with Crippen molar-refractivity contribution in [3.8, 4) is 11.5 Å². The zero-order valence-electron chi connectivity index (χ0n) is 21.7. The zero-order valence-corrected chi connectivity index (χ0v) is 21.7. The zero-order chi connectivity index (χ0) is 25.1. The number of benzene rings is 3. The molecule has 1 aliphatic carbocycles. The summed E-state index contributed by atoms with van der Waals surface area (Å²) in [5, 5.41) is 9.29. The van der Waals surface area contributed by atoms with Crippen molar-refractivity contribution in [1.29, 1.82) is 0 Å². The van der Waals surface area contributed by atoms with Crippen LogP contribution in [0.15, 0.2) is 72.8 Å². The molecular weight excluding hydrogens is 448 g/mol. The van der Waals surface area contributed by atoms with Gasteiger partial charge >= 0.3 is 0 Å². The van der Waals surface area contributed by atoms with Crippen LogP contribution in [0.25, 0.3) is 0 Å². The Morgan fingerprint density at radius 2 is 1.56 bits per heavy atom. The van der Waals surface area contributed by atoms with Gasteiger partial charge in [0.1, 0.15) is 23.7 Å². The lowest BCUT2D eigenvalue weighted by Gasteiger charge is -2.35. The molecule has 190 valence electrons. The maximum absolute atomic E-state index is 9.29. The molecule has 1 N–H and O–H groups in total. The third-order valence-electron chi connectivity index (χ3n) is 7.30. The summed E-state index contributed by atoms with van der Waals surface area (Å²) >= 11 is 0. The second-order valence-corrected chi connectivity index (χ2v) is 11.1. The van der Waals surface area contributed by atoms with Crippen molar-refractivity contribution < 1.29 is 19.3 Å². The van der Waals surface area contributed by atoms with Crippen LogP contribution in [-0.2, 0) is 11.2 Å². The van der Waals surface area contributed by atoms with E-state index >= 15 is 0 Å². The Bertz CT molecular complexity index is 1130. The number of fused-ring (bicyclic) bond motifs is 1. The molecule has 2 aliphatic rings. The van der Waals surface area contributed by atoms with Crippen LogP contribution in [0.1, 0.15) is 74.1 Å². The second kappa shape index (κ2) is 10.7. The van der Waals surface area contributed by atoms with Crippen molar-refractivity contribution in [2.24, 2.45) is 0 Å². The van der Waals surface area contributed by atoms with Crippen LogP contribution >= 0.6 is 0 Å². The van der Waals surface area contributed by atoms with Gasteiger partial charge in [0.05, 0.1) is 18.8 Å². The molecule has 0 bridgehead atoms. The van der Waals surface area contributed by atoms with Crippen molar-refractivity contribution in [3.63, 3.8) is 0 Å². The molecule has 36 heavy (non-hydrogen) atoms. The van der Waals surface area contributed by atoms with Crippen LogP contribution in [0.4, 0.5) is 0 Å². The summed E-state index contributed by atoms with van der Waals surface area (Å²) in [6, 6.07) is 26.2. The molecule has 1 fully saturated rings. The summed E-state index contributed by atoms with van der Waals surface area (Å²) in [5.41, 5.74) is 5.25. The van der Waals surface area contributed by atoms with E-state index in [0.717, 1.165) is 37.2 Å². The third kappa shape index (κ3) is 5.77. The van der Waals surface area contributed by atoms with Crippen molar-refractivity contribution in [3.05, 3.63) is 95.1 Å². The lowest BCUT2D eigenvalue weighted by molar-refractivity contribution is -0.00722. The summed E-state index contributed by atoms with van der Waals surface area (Å²) in [6.07, 6.45) is 3.99. The molecule has 1 aliphatic heterocycles. The average molecular weight is 487 g/mol. The normalized spacial score (nSPS) is 23.8. The number of hydrogen-bond acceptors (Lipinski definition) is 4. The second-order valence-electron chi connectivity index (χ2n) is 11.1. The van der Waals surface area contributed by atoms with Gasteiger partial charge in [0.2, 0.25) is 0 Å². The van der Waals surface area contributed by atoms with E-state index in [1.165, 1.54) is 22.3 Å². The molecule has 0 radical (unpaired) electrons. The van der Waals surface area contributed by atoms with Gasteiger partial charge in [-0.25, -0.2) is 0 Å². The molecule has 0 aromatic heterocycles. The summed E-state index contributed by atoms with van der Waals surface area (Å²) in [5.74, 6) is 2.50. The number of rotatable bonds is 7. The molecule has 4 atom stereocenters. The maximum atomic E-state index is 9.29. The maximum Gasteiger partial charge on any atom is 0.120 e. The van der Waals surface area contributed by atoms with Gasteiger partial charge in [-0.1, -0.05) is 48.5 Å². The molecule has 1 heterocycles. The first-order chi connectivity index (χ1) is 17.4. The van der Waals surface area contributed by atoms with E-state index in [4.69, 9.17) is 14.2 Å². The first kappa shape index (κ1) is 24.9. The average Bonchev–Trinajstić information content (AvgIpc) is 3.35. The summed E-state index contributed by atoms with van der Waals surface area (Å²) in [4.78, 5) is 0. The molecule has 3 aromatic carbocycles. The van der Waals surface area contributed by atoms with Crippen LogP contribution in [-0.4, -0.2) is 36.1 Å². The van der Waals surface area contributed by atoms with Gasteiger partial charge in [-0.15, -0.1) is 0 Å². The summed E-state index contributed by atoms with van der Waals surface area (Å²) in [6.45, 7) is 6.88. The topological polar surface area (TPSA) is 47.9 Å². The molecule has 4 heteroatoms. The highest BCUT2D eigenvalue weighted by molar-refractivity contribution is 5.48. The van der Waals surface area contributed by atoms with Crippen LogP contribution < -0.4 is 9.47 Å². The number of aliphatic hydroxyl groups is 1. The minimum atomic E-state index is -0.215. The quantitative estimate of drug-likeness (QED) is 0.406. The fourth-order valence-electron chi connectivity index (χ4n) is 5.68. The van der Waals surface area contributed by atoms with Crippen molar-refractivity contribution in [1.82, 2.24) is 0 Å². The molecule has 0 spiro atoms. The Hall–Kier alpha value is -2.82. The highest BCUT2D eigenvalue weighted by Gasteiger charge is 2.32. The summed E-state index contributed by atoms with van der Waals surface area (Å²) in [7, 11) is 0. The lowest BCUT2D eigenvalue weighted by Crippen LogP contribution is -2.24. The fraction of sp³-hybridized carbons (Fsp3) is 0.438. The van der Waals surface area contributed by atoms with Crippen molar-refractivity contribution in [2.45, 2.75) is 76.1 Å². The van der Waals surface area contributed by atoms with Gasteiger partial charge in [-0.05, 0) is 98.9 Å².